The number of esters is 1. The highest BCUT2D eigenvalue weighted by Gasteiger charge is 2.16. The van der Waals surface area contributed by atoms with Crippen LogP contribution < -0.4 is 5.32 Å². The minimum Gasteiger partial charge on any atom is -0.462 e. The maximum absolute atomic E-state index is 11.7. The first-order chi connectivity index (χ1) is 13.1. The number of hydrogen-bond acceptors (Lipinski definition) is 4. The van der Waals surface area contributed by atoms with Crippen LogP contribution in [-0.2, 0) is 4.74 Å². The number of hydrogen-bond donors (Lipinski definition) is 2. The average Bonchev–Trinajstić information content (AvgIpc) is 2.67. The summed E-state index contributed by atoms with van der Waals surface area (Å²) in [5.74, 6) is 1.31. The summed E-state index contributed by atoms with van der Waals surface area (Å²) in [6, 6.07) is 7.91. The number of unbranched alkanes of at least 4 members (excludes halogenated alkanes) is 5. The fraction of sp³-hybridized carbons (Fsp3) is 0.609. The van der Waals surface area contributed by atoms with Crippen molar-refractivity contribution >= 4 is 24.3 Å². The SMILES string of the molecule is C=CCC(CCCCCCCCS)C(C)Nc1ccc(C(=O)OCC)cc1. The van der Waals surface area contributed by atoms with Crippen molar-refractivity contribution in [1.29, 1.82) is 0 Å². The molecule has 0 saturated heterocycles. The van der Waals surface area contributed by atoms with Gasteiger partial charge in [-0.15, -0.1) is 6.58 Å². The first-order valence-corrected chi connectivity index (χ1v) is 11.0. The lowest BCUT2D eigenvalue weighted by Gasteiger charge is -2.25. The second kappa shape index (κ2) is 14.6. The van der Waals surface area contributed by atoms with E-state index in [-0.39, 0.29) is 5.97 Å². The summed E-state index contributed by atoms with van der Waals surface area (Å²) in [5, 5.41) is 3.59. The van der Waals surface area contributed by atoms with Crippen LogP contribution in [0, 0.1) is 5.92 Å². The quantitative estimate of drug-likeness (QED) is 0.155. The second-order valence-corrected chi connectivity index (χ2v) is 7.60. The molecule has 3 nitrogen and oxygen atoms in total. The molecule has 0 spiro atoms. The fourth-order valence-electron chi connectivity index (χ4n) is 3.31. The van der Waals surface area contributed by atoms with Crippen molar-refractivity contribution in [2.75, 3.05) is 17.7 Å². The molecule has 0 aromatic heterocycles. The summed E-state index contributed by atoms with van der Waals surface area (Å²) in [6.07, 6.45) is 12.0. The lowest BCUT2D eigenvalue weighted by atomic mass is 9.90. The largest absolute Gasteiger partial charge is 0.462 e. The van der Waals surface area contributed by atoms with Crippen molar-refractivity contribution in [3.8, 4) is 0 Å². The van der Waals surface area contributed by atoms with E-state index in [9.17, 15) is 4.79 Å². The van der Waals surface area contributed by atoms with E-state index in [1.807, 2.05) is 37.3 Å². The van der Waals surface area contributed by atoms with Gasteiger partial charge in [0.25, 0.3) is 0 Å². The van der Waals surface area contributed by atoms with Gasteiger partial charge in [0, 0.05) is 11.7 Å². The molecule has 0 aliphatic rings. The first kappa shape index (κ1) is 23.6. The standard InChI is InChI=1S/C23H37NO2S/c1-4-12-20(13-10-8-6-7-9-11-18-27)19(3)24-22-16-14-21(15-17-22)23(25)26-5-2/h4,14-17,19-20,24,27H,1,5-13,18H2,2-3H3. The Kier molecular flexibility index (Phi) is 12.8. The van der Waals surface area contributed by atoms with Gasteiger partial charge in [0.2, 0.25) is 0 Å². The van der Waals surface area contributed by atoms with E-state index in [4.69, 9.17) is 4.74 Å². The molecule has 2 unspecified atom stereocenters. The van der Waals surface area contributed by atoms with Crippen molar-refractivity contribution in [2.45, 2.75) is 71.3 Å². The molecule has 0 fully saturated rings. The summed E-state index contributed by atoms with van der Waals surface area (Å²) in [6.45, 7) is 8.38. The van der Waals surface area contributed by atoms with Gasteiger partial charge in [-0.3, -0.25) is 0 Å². The number of benzene rings is 1. The monoisotopic (exact) mass is 391 g/mol. The van der Waals surface area contributed by atoms with Gasteiger partial charge in [0.05, 0.1) is 12.2 Å². The van der Waals surface area contributed by atoms with Gasteiger partial charge in [0.1, 0.15) is 0 Å². The maximum atomic E-state index is 11.7. The highest BCUT2D eigenvalue weighted by Crippen LogP contribution is 2.22. The van der Waals surface area contributed by atoms with E-state index in [0.717, 1.165) is 17.9 Å². The first-order valence-electron chi connectivity index (χ1n) is 10.4. The predicted octanol–water partition coefficient (Wildman–Crippen LogP) is 6.52. The zero-order valence-electron chi connectivity index (χ0n) is 17.1. The summed E-state index contributed by atoms with van der Waals surface area (Å²) < 4.78 is 5.03. The number of thiol groups is 1. The van der Waals surface area contributed by atoms with E-state index >= 15 is 0 Å². The molecule has 4 heteroatoms. The Morgan fingerprint density at radius 2 is 1.78 bits per heavy atom. The van der Waals surface area contributed by atoms with Crippen molar-refractivity contribution in [1.82, 2.24) is 0 Å². The smallest absolute Gasteiger partial charge is 0.338 e. The van der Waals surface area contributed by atoms with Gasteiger partial charge < -0.3 is 10.1 Å². The molecule has 0 heterocycles. The number of anilines is 1. The summed E-state index contributed by atoms with van der Waals surface area (Å²) in [4.78, 5) is 11.7. The number of carbonyl (C=O) groups is 1. The molecule has 1 rings (SSSR count). The van der Waals surface area contributed by atoms with Crippen LogP contribution in [-0.4, -0.2) is 24.4 Å². The van der Waals surface area contributed by atoms with Gasteiger partial charge in [-0.2, -0.15) is 12.6 Å². The molecule has 27 heavy (non-hydrogen) atoms. The molecular weight excluding hydrogens is 354 g/mol. The number of rotatable bonds is 15. The van der Waals surface area contributed by atoms with Crippen LogP contribution in [0.15, 0.2) is 36.9 Å². The maximum Gasteiger partial charge on any atom is 0.338 e. The van der Waals surface area contributed by atoms with E-state index in [1.165, 1.54) is 44.9 Å². The lowest BCUT2D eigenvalue weighted by Crippen LogP contribution is -2.25. The Morgan fingerprint density at radius 3 is 2.37 bits per heavy atom. The molecule has 0 amide bonds. The lowest BCUT2D eigenvalue weighted by molar-refractivity contribution is 0.0526. The molecule has 1 N–H and O–H groups in total. The van der Waals surface area contributed by atoms with E-state index < -0.39 is 0 Å². The van der Waals surface area contributed by atoms with E-state index in [0.29, 0.717) is 24.1 Å². The Balaban J connectivity index is 2.44. The number of allylic oxidation sites excluding steroid dienone is 1. The molecule has 2 atom stereocenters. The van der Waals surface area contributed by atoms with E-state index in [2.05, 4.69) is 31.4 Å². The minimum absolute atomic E-state index is 0.268. The van der Waals surface area contributed by atoms with Crippen LogP contribution in [0.1, 0.15) is 75.6 Å². The Hall–Kier alpha value is -1.42. The van der Waals surface area contributed by atoms with Crippen LogP contribution in [0.3, 0.4) is 0 Å². The average molecular weight is 392 g/mol. The highest BCUT2D eigenvalue weighted by atomic mass is 32.1. The van der Waals surface area contributed by atoms with Crippen LogP contribution in [0.5, 0.6) is 0 Å². The third-order valence-electron chi connectivity index (χ3n) is 4.95. The molecule has 152 valence electrons. The summed E-state index contributed by atoms with van der Waals surface area (Å²) >= 11 is 4.26. The third kappa shape index (κ3) is 9.90. The van der Waals surface area contributed by atoms with Gasteiger partial charge in [-0.05, 0) is 69.0 Å². The van der Waals surface area contributed by atoms with Crippen molar-refractivity contribution < 1.29 is 9.53 Å². The van der Waals surface area contributed by atoms with Crippen LogP contribution >= 0.6 is 12.6 Å². The molecule has 0 radical (unpaired) electrons. The van der Waals surface area contributed by atoms with Gasteiger partial charge in [-0.25, -0.2) is 4.79 Å². The zero-order valence-corrected chi connectivity index (χ0v) is 18.0. The Labute approximate surface area is 171 Å². The molecule has 1 aromatic carbocycles. The van der Waals surface area contributed by atoms with Gasteiger partial charge in [0.15, 0.2) is 0 Å². The van der Waals surface area contributed by atoms with Crippen LogP contribution in [0.4, 0.5) is 5.69 Å². The third-order valence-corrected chi connectivity index (χ3v) is 5.27. The highest BCUT2D eigenvalue weighted by molar-refractivity contribution is 7.80. The fourth-order valence-corrected chi connectivity index (χ4v) is 3.53. The number of ether oxygens (including phenoxy) is 1. The number of carbonyl (C=O) groups excluding carboxylic acids is 1. The van der Waals surface area contributed by atoms with Gasteiger partial charge >= 0.3 is 5.97 Å². The normalized spacial score (nSPS) is 13.0. The molecule has 0 aliphatic carbocycles. The van der Waals surface area contributed by atoms with E-state index in [1.54, 1.807) is 0 Å². The number of nitrogens with one attached hydrogen (secondary N) is 1. The zero-order chi connectivity index (χ0) is 19.9. The molecule has 0 aliphatic heterocycles. The Bertz CT molecular complexity index is 530. The van der Waals surface area contributed by atoms with Crippen LogP contribution in [0.2, 0.25) is 0 Å². The summed E-state index contributed by atoms with van der Waals surface area (Å²) in [7, 11) is 0. The predicted molar refractivity (Wildman–Crippen MR) is 120 cm³/mol. The molecule has 1 aromatic rings. The minimum atomic E-state index is -0.268. The van der Waals surface area contributed by atoms with Crippen LogP contribution in [0.25, 0.3) is 0 Å². The second-order valence-electron chi connectivity index (χ2n) is 7.15. The molecular formula is C23H37NO2S. The molecule has 0 bridgehead atoms. The van der Waals surface area contributed by atoms with Gasteiger partial charge in [-0.1, -0.05) is 38.2 Å². The van der Waals surface area contributed by atoms with Crippen molar-refractivity contribution in [2.24, 2.45) is 5.92 Å². The summed E-state index contributed by atoms with van der Waals surface area (Å²) in [5.41, 5.74) is 1.63. The van der Waals surface area contributed by atoms with Crippen molar-refractivity contribution in [3.63, 3.8) is 0 Å². The van der Waals surface area contributed by atoms with Crippen molar-refractivity contribution in [3.05, 3.63) is 42.5 Å². The molecule has 0 saturated carbocycles. The topological polar surface area (TPSA) is 38.3 Å². The Morgan fingerprint density at radius 1 is 1.15 bits per heavy atom.